The summed E-state index contributed by atoms with van der Waals surface area (Å²) in [5.41, 5.74) is -7.25. The Balaban J connectivity index is 2.33. The Labute approximate surface area is 231 Å². The highest BCUT2D eigenvalue weighted by atomic mass is 19.4. The second kappa shape index (κ2) is 10.1. The van der Waals surface area contributed by atoms with Gasteiger partial charge < -0.3 is 0 Å². The largest absolute Gasteiger partial charge is 0.460 e. The third kappa shape index (κ3) is 4.69. The number of hydrogen-bond acceptors (Lipinski definition) is 5. The van der Waals surface area contributed by atoms with Gasteiger partial charge in [-0.1, -0.05) is 24.3 Å². The quantitative estimate of drug-likeness (QED) is 0.130. The minimum atomic E-state index is -8.53. The highest BCUT2D eigenvalue weighted by Crippen LogP contribution is 2.63. The molecule has 2 aromatic carbocycles. The molecule has 3 aromatic rings. The van der Waals surface area contributed by atoms with Crippen LogP contribution in [0.25, 0.3) is 22.0 Å². The Morgan fingerprint density at radius 3 is 1.59 bits per heavy atom. The predicted molar refractivity (Wildman–Crippen MR) is 115 cm³/mol. The summed E-state index contributed by atoms with van der Waals surface area (Å²) >= 11 is 0. The molecule has 0 unspecified atom stereocenters. The van der Waals surface area contributed by atoms with Crippen molar-refractivity contribution in [1.29, 1.82) is 0 Å². The zero-order chi connectivity index (χ0) is 34.1. The third-order valence-electron chi connectivity index (χ3n) is 6.03. The molecule has 0 aliphatic carbocycles. The molecule has 44 heavy (non-hydrogen) atoms. The lowest BCUT2D eigenvalue weighted by molar-refractivity contribution is -0.454. The number of nitro groups is 2. The first-order valence-corrected chi connectivity index (χ1v) is 10.9. The molecule has 240 valence electrons. The van der Waals surface area contributed by atoms with Gasteiger partial charge in [-0.15, -0.1) is 0 Å². The zero-order valence-electron chi connectivity index (χ0n) is 20.3. The molecular weight excluding hydrogens is 655 g/mol. The fourth-order valence-electron chi connectivity index (χ4n) is 3.68. The molecule has 0 aliphatic rings. The van der Waals surface area contributed by atoms with Crippen LogP contribution in [0.3, 0.4) is 0 Å². The van der Waals surface area contributed by atoms with Gasteiger partial charge in [0.05, 0.1) is 27.2 Å². The fourth-order valence-corrected chi connectivity index (χ4v) is 3.68. The summed E-state index contributed by atoms with van der Waals surface area (Å²) < 4.78 is 206. The van der Waals surface area contributed by atoms with Crippen molar-refractivity contribution < 1.29 is 75.7 Å². The molecule has 0 aliphatic heterocycles. The Kier molecular flexibility index (Phi) is 7.81. The molecule has 0 fully saturated rings. The fraction of sp³-hybridized carbons (Fsp3) is 0.318. The van der Waals surface area contributed by atoms with Gasteiger partial charge in [-0.3, -0.25) is 20.2 Å². The van der Waals surface area contributed by atoms with Gasteiger partial charge in [0.25, 0.3) is 11.4 Å². The first-order chi connectivity index (χ1) is 19.7. The highest BCUT2D eigenvalue weighted by molar-refractivity contribution is 5.97. The molecule has 0 amide bonds. The standard InChI is InChI=1S/C22H8F15N3O4/c23-16(24,17(25,26)18(27,28)19(29,30)20(31,32)21(33,34)22(35,36)37)14-7-9-3-1-2-4-11(9)15(38-14)12-6-5-10(39(41)42)8-13(12)40(43)44/h1-8H. The maximum atomic E-state index is 15.0. The summed E-state index contributed by atoms with van der Waals surface area (Å²) in [6, 6.07) is 4.66. The number of non-ortho nitro benzene ring substituents is 1. The van der Waals surface area contributed by atoms with Crippen molar-refractivity contribution >= 4 is 22.1 Å². The molecule has 0 spiro atoms. The van der Waals surface area contributed by atoms with E-state index in [2.05, 4.69) is 4.98 Å². The molecule has 0 radical (unpaired) electrons. The van der Waals surface area contributed by atoms with Crippen LogP contribution in [0.1, 0.15) is 5.69 Å². The molecule has 22 heteroatoms. The maximum Gasteiger partial charge on any atom is 0.460 e. The lowest BCUT2D eigenvalue weighted by Gasteiger charge is -2.41. The number of nitro benzene ring substituents is 2. The van der Waals surface area contributed by atoms with E-state index in [9.17, 15) is 77.3 Å². The summed E-state index contributed by atoms with van der Waals surface area (Å²) in [6.45, 7) is 0. The van der Waals surface area contributed by atoms with Gasteiger partial charge in [-0.25, -0.2) is 4.98 Å². The van der Waals surface area contributed by atoms with E-state index in [1.165, 1.54) is 0 Å². The Hall–Kier alpha value is -4.40. The first-order valence-electron chi connectivity index (χ1n) is 10.9. The molecule has 1 aromatic heterocycles. The summed E-state index contributed by atoms with van der Waals surface area (Å²) in [5.74, 6) is -48.3. The molecule has 0 saturated carbocycles. The predicted octanol–water partition coefficient (Wildman–Crippen LogP) is 8.55. The van der Waals surface area contributed by atoms with Crippen LogP contribution in [0.2, 0.25) is 0 Å². The molecule has 0 atom stereocenters. The topological polar surface area (TPSA) is 99.2 Å². The summed E-state index contributed by atoms with van der Waals surface area (Å²) in [5, 5.41) is 21.3. The number of rotatable bonds is 9. The van der Waals surface area contributed by atoms with Crippen LogP contribution >= 0.6 is 0 Å². The van der Waals surface area contributed by atoms with Crippen LogP contribution in [0.4, 0.5) is 77.2 Å². The van der Waals surface area contributed by atoms with Gasteiger partial charge in [0.1, 0.15) is 5.69 Å². The van der Waals surface area contributed by atoms with Crippen LogP contribution in [0, 0.1) is 20.2 Å². The number of hydrogen-bond donors (Lipinski definition) is 0. The molecule has 0 bridgehead atoms. The summed E-state index contributed by atoms with van der Waals surface area (Å²) in [7, 11) is 0. The molecule has 0 N–H and O–H groups in total. The Morgan fingerprint density at radius 1 is 0.591 bits per heavy atom. The lowest BCUT2D eigenvalue weighted by Crippen LogP contribution is -2.72. The number of pyridine rings is 1. The molecule has 1 heterocycles. The van der Waals surface area contributed by atoms with E-state index in [1.807, 2.05) is 0 Å². The van der Waals surface area contributed by atoms with Gasteiger partial charge in [0, 0.05) is 11.5 Å². The van der Waals surface area contributed by atoms with Crippen molar-refractivity contribution in [1.82, 2.24) is 4.98 Å². The van der Waals surface area contributed by atoms with E-state index in [0.29, 0.717) is 12.1 Å². The van der Waals surface area contributed by atoms with E-state index >= 15 is 8.78 Å². The number of halogens is 15. The molecule has 7 nitrogen and oxygen atoms in total. The van der Waals surface area contributed by atoms with Crippen LogP contribution in [-0.2, 0) is 5.92 Å². The molecule has 0 saturated heterocycles. The Morgan fingerprint density at radius 2 is 1.09 bits per heavy atom. The first kappa shape index (κ1) is 34.1. The van der Waals surface area contributed by atoms with Crippen molar-refractivity contribution in [3.8, 4) is 11.3 Å². The van der Waals surface area contributed by atoms with Gasteiger partial charge >= 0.3 is 41.7 Å². The molecular formula is C22H8F15N3O4. The van der Waals surface area contributed by atoms with Crippen molar-refractivity contribution in [3.05, 3.63) is 74.5 Å². The zero-order valence-corrected chi connectivity index (χ0v) is 20.3. The number of fused-ring (bicyclic) bond motifs is 1. The minimum Gasteiger partial charge on any atom is -0.258 e. The van der Waals surface area contributed by atoms with E-state index in [4.69, 9.17) is 0 Å². The van der Waals surface area contributed by atoms with E-state index < -0.39 is 90.7 Å². The minimum absolute atomic E-state index is 0.222. The van der Waals surface area contributed by atoms with Gasteiger partial charge in [-0.05, 0) is 17.5 Å². The summed E-state index contributed by atoms with van der Waals surface area (Å²) in [6.07, 6.45) is -7.76. The average Bonchev–Trinajstić information content (AvgIpc) is 2.90. The number of aromatic nitrogens is 1. The van der Waals surface area contributed by atoms with Gasteiger partial charge in [0.2, 0.25) is 0 Å². The van der Waals surface area contributed by atoms with Crippen LogP contribution in [0.5, 0.6) is 0 Å². The normalized spacial score (nSPS) is 14.2. The van der Waals surface area contributed by atoms with Crippen molar-refractivity contribution in [2.24, 2.45) is 0 Å². The monoisotopic (exact) mass is 663 g/mol. The second-order valence-electron chi connectivity index (χ2n) is 8.74. The smallest absolute Gasteiger partial charge is 0.258 e. The highest BCUT2D eigenvalue weighted by Gasteiger charge is 2.93. The molecule has 3 rings (SSSR count). The summed E-state index contributed by atoms with van der Waals surface area (Å²) in [4.78, 5) is 22.8. The SMILES string of the molecule is O=[N+]([O-])c1ccc(-c2nc(C(F)(F)C(F)(F)C(F)(F)C(F)(F)C(F)(F)C(F)(F)C(F)(F)F)cc3ccccc23)c([N+](=O)[O-])c1. The number of nitrogens with zero attached hydrogens (tertiary/aromatic N) is 3. The van der Waals surface area contributed by atoms with E-state index in [1.54, 1.807) is 0 Å². The van der Waals surface area contributed by atoms with Gasteiger partial charge in [-0.2, -0.15) is 65.9 Å². The van der Waals surface area contributed by atoms with Crippen LogP contribution < -0.4 is 0 Å². The van der Waals surface area contributed by atoms with Gasteiger partial charge in [0.15, 0.2) is 0 Å². The van der Waals surface area contributed by atoms with E-state index in [0.717, 1.165) is 24.3 Å². The average molecular weight is 663 g/mol. The second-order valence-corrected chi connectivity index (χ2v) is 8.74. The van der Waals surface area contributed by atoms with Crippen molar-refractivity contribution in [2.45, 2.75) is 41.7 Å². The van der Waals surface area contributed by atoms with Crippen molar-refractivity contribution in [2.75, 3.05) is 0 Å². The lowest BCUT2D eigenvalue weighted by atomic mass is 9.89. The number of benzene rings is 2. The number of alkyl halides is 15. The van der Waals surface area contributed by atoms with E-state index in [-0.39, 0.29) is 12.1 Å². The van der Waals surface area contributed by atoms with Crippen LogP contribution in [0.15, 0.2) is 48.5 Å². The Bertz CT molecular complexity index is 1640. The maximum absolute atomic E-state index is 15.0. The van der Waals surface area contributed by atoms with Crippen LogP contribution in [-0.4, -0.2) is 50.6 Å². The van der Waals surface area contributed by atoms with Crippen molar-refractivity contribution in [3.63, 3.8) is 0 Å². The third-order valence-corrected chi connectivity index (χ3v) is 6.03.